The molecule has 3 N–H and O–H groups in total. The van der Waals surface area contributed by atoms with Gasteiger partial charge in [0.1, 0.15) is 18.1 Å². The Morgan fingerprint density at radius 3 is 2.69 bits per heavy atom. The highest BCUT2D eigenvalue weighted by molar-refractivity contribution is 5.70. The van der Waals surface area contributed by atoms with Gasteiger partial charge in [0.2, 0.25) is 0 Å². The fourth-order valence-corrected chi connectivity index (χ4v) is 2.69. The lowest BCUT2D eigenvalue weighted by atomic mass is 10.1. The maximum absolute atomic E-state index is 5.88. The van der Waals surface area contributed by atoms with E-state index in [9.17, 15) is 0 Å². The number of nitrogens with zero attached hydrogens (tertiary/aromatic N) is 4. The van der Waals surface area contributed by atoms with Crippen LogP contribution in [0.4, 0.5) is 5.82 Å². The smallest absolute Gasteiger partial charge is 0.173 e. The van der Waals surface area contributed by atoms with Crippen LogP contribution in [0.3, 0.4) is 0 Å². The van der Waals surface area contributed by atoms with Crippen LogP contribution in [0.2, 0.25) is 0 Å². The van der Waals surface area contributed by atoms with Crippen molar-refractivity contribution in [1.82, 2.24) is 25.2 Å². The topological polar surface area (TPSA) is 94.6 Å². The Morgan fingerprint density at radius 2 is 1.88 bits per heavy atom. The summed E-state index contributed by atoms with van der Waals surface area (Å²) in [5.74, 6) is 1.10. The standard InChI is InChI=1S/C19H18N6O/c20-19-18(22-24-23-19)16-7-4-8-17(9-16)26-13-15-10-21-25(12-15)11-14-5-2-1-3-6-14/h1-10,12H,11,13H2,(H3,20,22,23,24). The van der Waals surface area contributed by atoms with E-state index in [2.05, 4.69) is 32.6 Å². The molecule has 0 aliphatic carbocycles. The molecule has 2 aromatic carbocycles. The van der Waals surface area contributed by atoms with E-state index in [4.69, 9.17) is 10.5 Å². The number of hydrogen-bond donors (Lipinski definition) is 2. The van der Waals surface area contributed by atoms with Crippen molar-refractivity contribution < 1.29 is 4.74 Å². The summed E-state index contributed by atoms with van der Waals surface area (Å²) in [7, 11) is 0. The van der Waals surface area contributed by atoms with Crippen molar-refractivity contribution in [3.05, 3.63) is 78.1 Å². The Kier molecular flexibility index (Phi) is 4.34. The van der Waals surface area contributed by atoms with E-state index in [-0.39, 0.29) is 0 Å². The molecule has 4 aromatic rings. The van der Waals surface area contributed by atoms with Crippen LogP contribution in [0.25, 0.3) is 11.3 Å². The highest BCUT2D eigenvalue weighted by Crippen LogP contribution is 2.25. The maximum atomic E-state index is 5.88. The number of anilines is 1. The molecule has 0 bridgehead atoms. The molecule has 7 nitrogen and oxygen atoms in total. The Morgan fingerprint density at radius 1 is 1.00 bits per heavy atom. The fraction of sp³-hybridized carbons (Fsp3) is 0.105. The highest BCUT2D eigenvalue weighted by Gasteiger charge is 2.08. The lowest BCUT2D eigenvalue weighted by molar-refractivity contribution is 0.306. The first-order valence-electron chi connectivity index (χ1n) is 8.23. The number of benzene rings is 2. The average Bonchev–Trinajstić information content (AvgIpc) is 3.30. The van der Waals surface area contributed by atoms with Gasteiger partial charge < -0.3 is 10.5 Å². The first-order chi connectivity index (χ1) is 12.8. The summed E-state index contributed by atoms with van der Waals surface area (Å²) < 4.78 is 7.78. The van der Waals surface area contributed by atoms with Gasteiger partial charge in [0, 0.05) is 17.3 Å². The molecule has 26 heavy (non-hydrogen) atoms. The molecule has 130 valence electrons. The zero-order chi connectivity index (χ0) is 17.8. The van der Waals surface area contributed by atoms with Crippen LogP contribution in [-0.4, -0.2) is 25.2 Å². The molecule has 0 saturated carbocycles. The minimum absolute atomic E-state index is 0.365. The van der Waals surface area contributed by atoms with E-state index in [0.29, 0.717) is 18.1 Å². The van der Waals surface area contributed by atoms with E-state index in [1.54, 1.807) is 0 Å². The van der Waals surface area contributed by atoms with Crippen LogP contribution in [-0.2, 0) is 13.2 Å². The van der Waals surface area contributed by atoms with Gasteiger partial charge in [0.05, 0.1) is 12.7 Å². The number of H-pyrrole nitrogens is 1. The van der Waals surface area contributed by atoms with Crippen LogP contribution < -0.4 is 10.5 Å². The molecule has 4 rings (SSSR count). The third kappa shape index (κ3) is 3.56. The maximum Gasteiger partial charge on any atom is 0.173 e. The largest absolute Gasteiger partial charge is 0.489 e. The molecular formula is C19H18N6O. The van der Waals surface area contributed by atoms with E-state index in [0.717, 1.165) is 23.4 Å². The SMILES string of the molecule is Nc1n[nH]nc1-c1cccc(OCc2cnn(Cc3ccccc3)c2)c1. The normalized spacial score (nSPS) is 10.8. The molecule has 2 aromatic heterocycles. The minimum Gasteiger partial charge on any atom is -0.489 e. The quantitative estimate of drug-likeness (QED) is 0.560. The Bertz CT molecular complexity index is 992. The number of nitrogen functional groups attached to an aromatic ring is 1. The number of aromatic amines is 1. The first kappa shape index (κ1) is 15.9. The Balaban J connectivity index is 1.41. The van der Waals surface area contributed by atoms with Gasteiger partial charge in [-0.2, -0.15) is 15.4 Å². The van der Waals surface area contributed by atoms with Crippen LogP contribution in [0.15, 0.2) is 67.0 Å². The zero-order valence-corrected chi connectivity index (χ0v) is 14.0. The van der Waals surface area contributed by atoms with Gasteiger partial charge in [-0.25, -0.2) is 0 Å². The second-order valence-corrected chi connectivity index (χ2v) is 5.91. The van der Waals surface area contributed by atoms with Gasteiger partial charge in [-0.05, 0) is 17.7 Å². The minimum atomic E-state index is 0.365. The van der Waals surface area contributed by atoms with Gasteiger partial charge in [-0.3, -0.25) is 4.68 Å². The van der Waals surface area contributed by atoms with Crippen molar-refractivity contribution in [2.45, 2.75) is 13.2 Å². The van der Waals surface area contributed by atoms with E-state index < -0.39 is 0 Å². The molecule has 0 radical (unpaired) electrons. The number of hydrogen-bond acceptors (Lipinski definition) is 5. The molecule has 0 spiro atoms. The van der Waals surface area contributed by atoms with Crippen LogP contribution in [0.5, 0.6) is 5.75 Å². The summed E-state index contributed by atoms with van der Waals surface area (Å²) in [5, 5.41) is 14.8. The van der Waals surface area contributed by atoms with Crippen molar-refractivity contribution in [2.75, 3.05) is 5.73 Å². The number of aromatic nitrogens is 5. The predicted molar refractivity (Wildman–Crippen MR) is 98.3 cm³/mol. The number of nitrogens with one attached hydrogen (secondary N) is 1. The Hall–Kier alpha value is -3.61. The van der Waals surface area contributed by atoms with Crippen molar-refractivity contribution in [1.29, 1.82) is 0 Å². The van der Waals surface area contributed by atoms with Gasteiger partial charge in [-0.15, -0.1) is 5.10 Å². The highest BCUT2D eigenvalue weighted by atomic mass is 16.5. The lowest BCUT2D eigenvalue weighted by Crippen LogP contribution is -1.99. The molecule has 0 saturated heterocycles. The molecule has 0 aliphatic heterocycles. The second kappa shape index (κ2) is 7.10. The summed E-state index contributed by atoms with van der Waals surface area (Å²) in [6.45, 7) is 1.17. The monoisotopic (exact) mass is 346 g/mol. The molecule has 0 aliphatic rings. The summed E-state index contributed by atoms with van der Waals surface area (Å²) in [6.07, 6.45) is 3.81. The van der Waals surface area contributed by atoms with Crippen molar-refractivity contribution in [3.63, 3.8) is 0 Å². The fourth-order valence-electron chi connectivity index (χ4n) is 2.69. The molecule has 2 heterocycles. The number of ether oxygens (including phenoxy) is 1. The van der Waals surface area contributed by atoms with Gasteiger partial charge >= 0.3 is 0 Å². The third-order valence-electron chi connectivity index (χ3n) is 3.96. The van der Waals surface area contributed by atoms with Gasteiger partial charge in [-0.1, -0.05) is 42.5 Å². The van der Waals surface area contributed by atoms with Crippen LogP contribution in [0, 0.1) is 0 Å². The summed E-state index contributed by atoms with van der Waals surface area (Å²) in [4.78, 5) is 0. The number of nitrogens with two attached hydrogens (primary N) is 1. The molecule has 0 amide bonds. The summed E-state index contributed by atoms with van der Waals surface area (Å²) in [5.41, 5.74) is 9.48. The van der Waals surface area contributed by atoms with Gasteiger partial charge in [0.15, 0.2) is 5.82 Å². The second-order valence-electron chi connectivity index (χ2n) is 5.91. The van der Waals surface area contributed by atoms with Crippen LogP contribution in [0.1, 0.15) is 11.1 Å². The van der Waals surface area contributed by atoms with E-state index in [1.165, 1.54) is 5.56 Å². The molecule has 0 atom stereocenters. The first-order valence-corrected chi connectivity index (χ1v) is 8.23. The van der Waals surface area contributed by atoms with Crippen molar-refractivity contribution >= 4 is 5.82 Å². The average molecular weight is 346 g/mol. The summed E-state index contributed by atoms with van der Waals surface area (Å²) >= 11 is 0. The van der Waals surface area contributed by atoms with Crippen LogP contribution >= 0.6 is 0 Å². The number of rotatable bonds is 6. The Labute approximate surface area is 150 Å². The molecular weight excluding hydrogens is 328 g/mol. The molecule has 0 fully saturated rings. The third-order valence-corrected chi connectivity index (χ3v) is 3.96. The predicted octanol–water partition coefficient (Wildman–Crippen LogP) is 2.88. The summed E-state index contributed by atoms with van der Waals surface area (Å²) in [6, 6.07) is 17.8. The van der Waals surface area contributed by atoms with E-state index >= 15 is 0 Å². The zero-order valence-electron chi connectivity index (χ0n) is 14.0. The van der Waals surface area contributed by atoms with Gasteiger partial charge in [0.25, 0.3) is 0 Å². The molecule has 7 heteroatoms. The molecule has 0 unspecified atom stereocenters. The van der Waals surface area contributed by atoms with Crippen molar-refractivity contribution in [3.8, 4) is 17.0 Å². The van der Waals surface area contributed by atoms with Crippen molar-refractivity contribution in [2.24, 2.45) is 0 Å². The lowest BCUT2D eigenvalue weighted by Gasteiger charge is -2.06. The van der Waals surface area contributed by atoms with E-state index in [1.807, 2.05) is 59.5 Å².